The van der Waals surface area contributed by atoms with Crippen LogP contribution in [0.1, 0.15) is 5.69 Å². The Labute approximate surface area is 146 Å². The van der Waals surface area contributed by atoms with Gasteiger partial charge in [0.25, 0.3) is 10.0 Å². The molecule has 7 nitrogen and oxygen atoms in total. The Balaban J connectivity index is 1.71. The zero-order valence-electron chi connectivity index (χ0n) is 13.4. The van der Waals surface area contributed by atoms with E-state index < -0.39 is 10.0 Å². The molecule has 0 saturated carbocycles. The first kappa shape index (κ1) is 18.3. The lowest BCUT2D eigenvalue weighted by Gasteiger charge is -2.12. The predicted octanol–water partition coefficient (Wildman–Crippen LogP) is 1.24. The Bertz CT molecular complexity index is 730. The van der Waals surface area contributed by atoms with Gasteiger partial charge in [-0.05, 0) is 24.3 Å². The SMILES string of the molecule is CN=C(NCCSCCc1cnc[nH]1)NS(=O)(=O)c1ccccc1. The number of aliphatic imine (C=N–C) groups is 1. The predicted molar refractivity (Wildman–Crippen MR) is 97.7 cm³/mol. The van der Waals surface area contributed by atoms with Crippen LogP contribution < -0.4 is 10.0 Å². The number of guanidine groups is 1. The number of aryl methyl sites for hydroxylation is 1. The van der Waals surface area contributed by atoms with E-state index in [4.69, 9.17) is 0 Å². The number of aromatic amines is 1. The van der Waals surface area contributed by atoms with Gasteiger partial charge in [-0.25, -0.2) is 18.1 Å². The molecule has 3 N–H and O–H groups in total. The third-order valence-corrected chi connectivity index (χ3v) is 5.46. The summed E-state index contributed by atoms with van der Waals surface area (Å²) in [5.74, 6) is 2.06. The maximum atomic E-state index is 12.2. The van der Waals surface area contributed by atoms with Gasteiger partial charge >= 0.3 is 0 Å². The van der Waals surface area contributed by atoms with Crippen molar-refractivity contribution in [3.05, 3.63) is 48.5 Å². The second-order valence-electron chi connectivity index (χ2n) is 4.86. The largest absolute Gasteiger partial charge is 0.355 e. The summed E-state index contributed by atoms with van der Waals surface area (Å²) in [6.45, 7) is 0.623. The van der Waals surface area contributed by atoms with E-state index in [0.717, 1.165) is 23.6 Å². The van der Waals surface area contributed by atoms with E-state index in [1.165, 1.54) is 0 Å². The third kappa shape index (κ3) is 5.89. The molecule has 0 radical (unpaired) electrons. The maximum absolute atomic E-state index is 12.2. The van der Waals surface area contributed by atoms with E-state index in [1.807, 2.05) is 6.20 Å². The molecule has 0 amide bonds. The number of nitrogens with one attached hydrogen (secondary N) is 3. The molecule has 24 heavy (non-hydrogen) atoms. The van der Waals surface area contributed by atoms with E-state index in [9.17, 15) is 8.42 Å². The quantitative estimate of drug-likeness (QED) is 0.370. The highest BCUT2D eigenvalue weighted by Gasteiger charge is 2.15. The highest BCUT2D eigenvalue weighted by Crippen LogP contribution is 2.07. The molecule has 1 aromatic heterocycles. The summed E-state index contributed by atoms with van der Waals surface area (Å²) in [6.07, 6.45) is 4.42. The molecule has 9 heteroatoms. The number of thioether (sulfide) groups is 1. The first-order valence-electron chi connectivity index (χ1n) is 7.45. The molecular formula is C15H21N5O2S2. The number of sulfonamides is 1. The summed E-state index contributed by atoms with van der Waals surface area (Å²) in [5, 5.41) is 3.01. The molecule has 0 fully saturated rings. The summed E-state index contributed by atoms with van der Waals surface area (Å²) in [4.78, 5) is 11.2. The van der Waals surface area contributed by atoms with Gasteiger partial charge in [0.1, 0.15) is 0 Å². The number of nitrogens with zero attached hydrogens (tertiary/aromatic N) is 2. The minimum Gasteiger partial charge on any atom is -0.355 e. The number of rotatable bonds is 8. The van der Waals surface area contributed by atoms with Gasteiger partial charge in [0.2, 0.25) is 5.96 Å². The summed E-state index contributed by atoms with van der Waals surface area (Å²) < 4.78 is 26.9. The summed E-state index contributed by atoms with van der Waals surface area (Å²) in [6, 6.07) is 8.22. The maximum Gasteiger partial charge on any atom is 0.264 e. The van der Waals surface area contributed by atoms with Crippen LogP contribution in [0.25, 0.3) is 0 Å². The van der Waals surface area contributed by atoms with Gasteiger partial charge in [-0.15, -0.1) is 0 Å². The monoisotopic (exact) mass is 367 g/mol. The minimum absolute atomic E-state index is 0.210. The molecule has 2 aromatic rings. The van der Waals surface area contributed by atoms with Gasteiger partial charge in [-0.1, -0.05) is 18.2 Å². The summed E-state index contributed by atoms with van der Waals surface area (Å²) >= 11 is 1.78. The third-order valence-electron chi connectivity index (χ3n) is 3.12. The van der Waals surface area contributed by atoms with Crippen LogP contribution in [-0.2, 0) is 16.4 Å². The van der Waals surface area contributed by atoms with Gasteiger partial charge in [-0.2, -0.15) is 11.8 Å². The van der Waals surface area contributed by atoms with Crippen molar-refractivity contribution in [3.8, 4) is 0 Å². The van der Waals surface area contributed by atoms with E-state index in [1.54, 1.807) is 55.5 Å². The number of imidazole rings is 1. The molecule has 0 aliphatic rings. The van der Waals surface area contributed by atoms with Crippen molar-refractivity contribution < 1.29 is 8.42 Å². The Morgan fingerprint density at radius 3 is 2.75 bits per heavy atom. The number of hydrogen-bond acceptors (Lipinski definition) is 5. The number of hydrogen-bond donors (Lipinski definition) is 3. The average Bonchev–Trinajstić information content (AvgIpc) is 3.11. The zero-order chi connectivity index (χ0) is 17.3. The van der Waals surface area contributed by atoms with Crippen LogP contribution in [0.5, 0.6) is 0 Å². The van der Waals surface area contributed by atoms with Gasteiger partial charge in [0.15, 0.2) is 0 Å². The fourth-order valence-corrected chi connectivity index (χ4v) is 3.76. The van der Waals surface area contributed by atoms with Crippen molar-refractivity contribution >= 4 is 27.7 Å². The molecule has 0 unspecified atom stereocenters. The second kappa shape index (κ2) is 9.33. The van der Waals surface area contributed by atoms with E-state index in [0.29, 0.717) is 6.54 Å². The molecule has 130 valence electrons. The second-order valence-corrected chi connectivity index (χ2v) is 7.76. The van der Waals surface area contributed by atoms with Crippen molar-refractivity contribution in [2.75, 3.05) is 25.1 Å². The molecule has 0 bridgehead atoms. The first-order valence-corrected chi connectivity index (χ1v) is 10.1. The highest BCUT2D eigenvalue weighted by molar-refractivity contribution is 7.99. The fraction of sp³-hybridized carbons (Fsp3) is 0.333. The smallest absolute Gasteiger partial charge is 0.264 e. The molecule has 0 aliphatic carbocycles. The van der Waals surface area contributed by atoms with Crippen LogP contribution in [0.4, 0.5) is 0 Å². The molecular weight excluding hydrogens is 346 g/mol. The van der Waals surface area contributed by atoms with Crippen molar-refractivity contribution in [2.24, 2.45) is 4.99 Å². The molecule has 0 atom stereocenters. The summed E-state index contributed by atoms with van der Waals surface area (Å²) in [5.41, 5.74) is 1.11. The van der Waals surface area contributed by atoms with Gasteiger partial charge < -0.3 is 10.3 Å². The number of aromatic nitrogens is 2. The lowest BCUT2D eigenvalue weighted by atomic mass is 10.4. The molecule has 1 heterocycles. The minimum atomic E-state index is -3.61. The summed E-state index contributed by atoms with van der Waals surface area (Å²) in [7, 11) is -2.07. The van der Waals surface area contributed by atoms with Gasteiger partial charge in [0, 0.05) is 31.2 Å². The van der Waals surface area contributed by atoms with Crippen molar-refractivity contribution in [2.45, 2.75) is 11.3 Å². The standard InChI is InChI=1S/C15H21N5O2S2/c1-16-15(20-24(21,22)14-5-3-2-4-6-14)18-8-10-23-9-7-13-11-17-12-19-13/h2-6,11-12H,7-10H2,1H3,(H,17,19)(H2,16,18,20). The van der Waals surface area contributed by atoms with Gasteiger partial charge in [-0.3, -0.25) is 4.99 Å². The first-order chi connectivity index (χ1) is 11.6. The lowest BCUT2D eigenvalue weighted by Crippen LogP contribution is -2.41. The number of benzene rings is 1. The molecule has 1 aromatic carbocycles. The Hall–Kier alpha value is -2.00. The molecule has 2 rings (SSSR count). The van der Waals surface area contributed by atoms with Crippen molar-refractivity contribution in [1.29, 1.82) is 0 Å². The van der Waals surface area contributed by atoms with E-state index in [2.05, 4.69) is 25.0 Å². The van der Waals surface area contributed by atoms with Crippen LogP contribution in [0, 0.1) is 0 Å². The van der Waals surface area contributed by atoms with Crippen LogP contribution >= 0.6 is 11.8 Å². The van der Waals surface area contributed by atoms with E-state index >= 15 is 0 Å². The number of H-pyrrole nitrogens is 1. The topological polar surface area (TPSA) is 99.2 Å². The normalized spacial score (nSPS) is 12.1. The lowest BCUT2D eigenvalue weighted by molar-refractivity contribution is 0.591. The Morgan fingerprint density at radius 2 is 2.08 bits per heavy atom. The highest BCUT2D eigenvalue weighted by atomic mass is 32.2. The van der Waals surface area contributed by atoms with Crippen LogP contribution in [-0.4, -0.2) is 49.4 Å². The Kier molecular flexibility index (Phi) is 7.13. The Morgan fingerprint density at radius 1 is 1.29 bits per heavy atom. The van der Waals surface area contributed by atoms with Crippen LogP contribution in [0.3, 0.4) is 0 Å². The van der Waals surface area contributed by atoms with E-state index in [-0.39, 0.29) is 10.9 Å². The van der Waals surface area contributed by atoms with Gasteiger partial charge in [0.05, 0.1) is 11.2 Å². The van der Waals surface area contributed by atoms with Crippen LogP contribution in [0.15, 0.2) is 52.7 Å². The zero-order valence-corrected chi connectivity index (χ0v) is 15.0. The molecule has 0 spiro atoms. The average molecular weight is 368 g/mol. The van der Waals surface area contributed by atoms with Crippen molar-refractivity contribution in [3.63, 3.8) is 0 Å². The van der Waals surface area contributed by atoms with Crippen LogP contribution in [0.2, 0.25) is 0 Å². The fourth-order valence-electron chi connectivity index (χ4n) is 1.89. The molecule has 0 saturated heterocycles. The van der Waals surface area contributed by atoms with Crippen molar-refractivity contribution in [1.82, 2.24) is 20.0 Å². The molecule has 0 aliphatic heterocycles.